The molecule has 41 heavy (non-hydrogen) atoms. The quantitative estimate of drug-likeness (QED) is 0.183. The second kappa shape index (κ2) is 8.84. The lowest BCUT2D eigenvalue weighted by atomic mass is 9.75. The highest BCUT2D eigenvalue weighted by Crippen LogP contribution is 2.52. The molecule has 3 atom stereocenters. The highest BCUT2D eigenvalue weighted by Gasteiger charge is 2.50. The van der Waals surface area contributed by atoms with Crippen LogP contribution in [0.4, 0.5) is 13.2 Å². The van der Waals surface area contributed by atoms with Gasteiger partial charge in [0.25, 0.3) is 0 Å². The zero-order valence-electron chi connectivity index (χ0n) is 22.7. The second-order valence-corrected chi connectivity index (χ2v) is 11.6. The topological polar surface area (TPSA) is 10.4 Å². The highest BCUT2D eigenvalue weighted by atomic mass is 19.2. The lowest BCUT2D eigenvalue weighted by Crippen LogP contribution is -2.53. The number of nitrogens with zero attached hydrogens (tertiary/aromatic N) is 3. The van der Waals surface area contributed by atoms with Crippen LogP contribution in [0.2, 0.25) is 0 Å². The van der Waals surface area contributed by atoms with Crippen LogP contribution in [0, 0.1) is 24.4 Å². The van der Waals surface area contributed by atoms with E-state index in [1.165, 1.54) is 16.7 Å². The van der Waals surface area contributed by atoms with Crippen molar-refractivity contribution >= 4 is 5.70 Å². The van der Waals surface area contributed by atoms with E-state index in [9.17, 15) is 4.39 Å². The number of rotatable bonds is 1. The fourth-order valence-electron chi connectivity index (χ4n) is 7.69. The Balaban J connectivity index is 1.43. The van der Waals surface area contributed by atoms with Gasteiger partial charge in [0.05, 0.1) is 5.56 Å². The van der Waals surface area contributed by atoms with Crippen molar-refractivity contribution in [3.8, 4) is 22.4 Å². The van der Waals surface area contributed by atoms with Crippen molar-refractivity contribution in [2.24, 2.45) is 0 Å². The van der Waals surface area contributed by atoms with Crippen molar-refractivity contribution in [3.05, 3.63) is 131 Å². The summed E-state index contributed by atoms with van der Waals surface area (Å²) in [7, 11) is 0. The Bertz CT molecular complexity index is 1790. The summed E-state index contributed by atoms with van der Waals surface area (Å²) < 4.78 is 48.0. The Kier molecular flexibility index (Phi) is 5.28. The standard InChI is InChI=1S/C35H29F3N3/c1-20-17-30-32-26(33(38)29(37)18-28(32)36)12-11-25-24-10-6-9-23-13-14-39-15-16-40(35(39)31(23)24)34(25)21(2)41(30)19-27(20)22-7-4-3-5-8-22/h3-10,15-19,25,34-35H,2,11-14H2,1H3/q+1. The molecule has 3 unspecified atom stereocenters. The van der Waals surface area contributed by atoms with Crippen molar-refractivity contribution in [3.63, 3.8) is 0 Å². The monoisotopic (exact) mass is 548 g/mol. The van der Waals surface area contributed by atoms with Gasteiger partial charge in [-0.25, -0.2) is 13.2 Å². The number of halogens is 3. The Morgan fingerprint density at radius 3 is 2.59 bits per heavy atom. The van der Waals surface area contributed by atoms with E-state index < -0.39 is 17.5 Å². The van der Waals surface area contributed by atoms with Crippen molar-refractivity contribution in [1.82, 2.24) is 9.80 Å². The van der Waals surface area contributed by atoms with Crippen LogP contribution >= 0.6 is 0 Å². The van der Waals surface area contributed by atoms with E-state index >= 15 is 8.78 Å². The number of aromatic nitrogens is 1. The van der Waals surface area contributed by atoms with Gasteiger partial charge in [0.15, 0.2) is 17.8 Å². The third-order valence-electron chi connectivity index (χ3n) is 9.52. The Labute approximate surface area is 237 Å². The van der Waals surface area contributed by atoms with E-state index in [-0.39, 0.29) is 35.7 Å². The predicted molar refractivity (Wildman–Crippen MR) is 153 cm³/mol. The van der Waals surface area contributed by atoms with Crippen molar-refractivity contribution in [2.75, 3.05) is 6.54 Å². The predicted octanol–water partition coefficient (Wildman–Crippen LogP) is 7.26. The van der Waals surface area contributed by atoms with Crippen LogP contribution in [0.25, 0.3) is 28.1 Å². The summed E-state index contributed by atoms with van der Waals surface area (Å²) in [6.45, 7) is 7.57. The molecule has 0 bridgehead atoms. The second-order valence-electron chi connectivity index (χ2n) is 11.6. The van der Waals surface area contributed by atoms with Crippen LogP contribution in [0.3, 0.4) is 0 Å². The Morgan fingerprint density at radius 2 is 1.76 bits per heavy atom. The SMILES string of the molecule is C=C1C2C(CCc3c(F)c(F)cc(F)c3-c3cc(C)c(-c4ccccc4)c[n+]31)c1cccc3c1C1N(C=CN21)CC3. The fourth-order valence-corrected chi connectivity index (χ4v) is 7.69. The van der Waals surface area contributed by atoms with Gasteiger partial charge in [0.2, 0.25) is 11.4 Å². The summed E-state index contributed by atoms with van der Waals surface area (Å²) >= 11 is 0. The molecule has 0 fully saturated rings. The van der Waals surface area contributed by atoms with Gasteiger partial charge in [0, 0.05) is 53.7 Å². The maximum absolute atomic E-state index is 15.8. The molecule has 4 aliphatic rings. The van der Waals surface area contributed by atoms with Crippen LogP contribution in [-0.2, 0) is 12.8 Å². The van der Waals surface area contributed by atoms with Gasteiger partial charge in [-0.2, -0.15) is 4.57 Å². The molecule has 0 radical (unpaired) electrons. The van der Waals surface area contributed by atoms with Crippen LogP contribution in [0.1, 0.15) is 46.3 Å². The molecule has 3 aromatic carbocycles. The smallest absolute Gasteiger partial charge is 0.221 e. The van der Waals surface area contributed by atoms with Crippen LogP contribution in [0.5, 0.6) is 0 Å². The normalized spacial score (nSPS) is 21.9. The Hall–Kier alpha value is -4.32. The first-order chi connectivity index (χ1) is 19.9. The highest BCUT2D eigenvalue weighted by molar-refractivity contribution is 5.71. The minimum absolute atomic E-state index is 0.0464. The van der Waals surface area contributed by atoms with Crippen molar-refractivity contribution < 1.29 is 17.7 Å². The molecule has 0 amide bonds. The number of hydrogen-bond donors (Lipinski definition) is 0. The first kappa shape index (κ1) is 24.5. The lowest BCUT2D eigenvalue weighted by Gasteiger charge is -2.48. The van der Waals surface area contributed by atoms with Gasteiger partial charge in [0.1, 0.15) is 18.0 Å². The maximum Gasteiger partial charge on any atom is 0.221 e. The minimum atomic E-state index is -1.15. The average molecular weight is 549 g/mol. The first-order valence-electron chi connectivity index (χ1n) is 14.2. The molecule has 8 rings (SSSR count). The molecule has 0 spiro atoms. The molecule has 3 nitrogen and oxygen atoms in total. The molecule has 4 aromatic rings. The van der Waals surface area contributed by atoms with E-state index in [0.717, 1.165) is 35.4 Å². The fraction of sp³-hybridized carbons (Fsp3) is 0.229. The largest absolute Gasteiger partial charge is 0.352 e. The van der Waals surface area contributed by atoms with Crippen molar-refractivity contribution in [1.29, 1.82) is 0 Å². The summed E-state index contributed by atoms with van der Waals surface area (Å²) in [5, 5.41) is 0. The minimum Gasteiger partial charge on any atom is -0.352 e. The van der Waals surface area contributed by atoms with E-state index in [1.54, 1.807) is 0 Å². The summed E-state index contributed by atoms with van der Waals surface area (Å²) in [4.78, 5) is 4.75. The number of pyridine rings is 1. The molecule has 4 aliphatic heterocycles. The maximum atomic E-state index is 15.8. The van der Waals surface area contributed by atoms with Gasteiger partial charge >= 0.3 is 0 Å². The third-order valence-corrected chi connectivity index (χ3v) is 9.52. The van der Waals surface area contributed by atoms with E-state index in [2.05, 4.69) is 47.0 Å². The summed E-state index contributed by atoms with van der Waals surface area (Å²) in [6, 6.07) is 18.9. The van der Waals surface area contributed by atoms with E-state index in [0.29, 0.717) is 18.2 Å². The van der Waals surface area contributed by atoms with Gasteiger partial charge in [-0.15, -0.1) is 0 Å². The first-order valence-corrected chi connectivity index (χ1v) is 14.2. The number of fused-ring (bicyclic) bond motifs is 6. The van der Waals surface area contributed by atoms with Gasteiger partial charge in [-0.05, 0) is 55.0 Å². The van der Waals surface area contributed by atoms with Crippen molar-refractivity contribution in [2.45, 2.75) is 44.3 Å². The Morgan fingerprint density at radius 1 is 0.927 bits per heavy atom. The van der Waals surface area contributed by atoms with E-state index in [1.807, 2.05) is 54.1 Å². The van der Waals surface area contributed by atoms with Gasteiger partial charge in [-0.3, -0.25) is 0 Å². The molecule has 6 heteroatoms. The van der Waals surface area contributed by atoms with Gasteiger partial charge < -0.3 is 9.80 Å². The molecular weight excluding hydrogens is 519 g/mol. The van der Waals surface area contributed by atoms with Crippen LogP contribution < -0.4 is 4.57 Å². The summed E-state index contributed by atoms with van der Waals surface area (Å²) in [6.07, 6.45) is 8.07. The van der Waals surface area contributed by atoms with Gasteiger partial charge in [-0.1, -0.05) is 48.5 Å². The molecule has 0 aliphatic carbocycles. The third kappa shape index (κ3) is 3.43. The molecule has 0 N–H and O–H groups in total. The van der Waals surface area contributed by atoms with Crippen LogP contribution in [-0.4, -0.2) is 22.4 Å². The average Bonchev–Trinajstić information content (AvgIpc) is 3.43. The summed E-state index contributed by atoms with van der Waals surface area (Å²) in [5.41, 5.74) is 8.25. The lowest BCUT2D eigenvalue weighted by molar-refractivity contribution is -0.573. The summed E-state index contributed by atoms with van der Waals surface area (Å²) in [5.74, 6) is -2.94. The molecule has 1 aromatic heterocycles. The molecule has 204 valence electrons. The molecular formula is C35H29F3N3+. The number of benzene rings is 3. The van der Waals surface area contributed by atoms with Crippen LogP contribution in [0.15, 0.2) is 85.8 Å². The zero-order valence-corrected chi connectivity index (χ0v) is 22.7. The van der Waals surface area contributed by atoms with E-state index in [4.69, 9.17) is 0 Å². The molecule has 5 heterocycles. The molecule has 0 saturated carbocycles. The number of aryl methyl sites for hydroxylation is 1. The number of hydrogen-bond acceptors (Lipinski definition) is 2. The zero-order chi connectivity index (χ0) is 28.0. The molecule has 0 saturated heterocycles.